The summed E-state index contributed by atoms with van der Waals surface area (Å²) >= 11 is 3.36. The van der Waals surface area contributed by atoms with Crippen LogP contribution in [0.15, 0.2) is 22.7 Å². The van der Waals surface area contributed by atoms with Crippen molar-refractivity contribution in [1.29, 1.82) is 0 Å². The number of hydrogen-bond donors (Lipinski definition) is 0. The van der Waals surface area contributed by atoms with E-state index in [1.54, 1.807) is 32.0 Å². The van der Waals surface area contributed by atoms with Crippen LogP contribution < -0.4 is 9.47 Å². The molecule has 0 fully saturated rings. The van der Waals surface area contributed by atoms with Crippen LogP contribution in [0.5, 0.6) is 11.5 Å². The average molecular weight is 485 g/mol. The van der Waals surface area contributed by atoms with Gasteiger partial charge in [-0.2, -0.15) is 0 Å². The van der Waals surface area contributed by atoms with Crippen LogP contribution in [0.2, 0.25) is 0 Å². The lowest BCUT2D eigenvalue weighted by atomic mass is 9.82. The summed E-state index contributed by atoms with van der Waals surface area (Å²) in [6, 6.07) is 5.11. The van der Waals surface area contributed by atoms with E-state index in [0.717, 1.165) is 23.7 Å². The average Bonchev–Trinajstić information content (AvgIpc) is 2.75. The standard InChI is InChI=1S/C24H37BrO5/c1-5-8-9-10-11-12-13-14-17-29-22(26)24(6-2,7-3)23(27)30-20-16-15-19(25)18-21(20)28-4/h15-16,18H,5-14,17H2,1-4H3. The van der Waals surface area contributed by atoms with E-state index in [1.165, 1.54) is 39.2 Å². The highest BCUT2D eigenvalue weighted by Crippen LogP contribution is 2.35. The van der Waals surface area contributed by atoms with Gasteiger partial charge in [-0.3, -0.25) is 9.59 Å². The first-order chi connectivity index (χ1) is 14.4. The van der Waals surface area contributed by atoms with E-state index in [2.05, 4.69) is 22.9 Å². The molecule has 6 heteroatoms. The van der Waals surface area contributed by atoms with Gasteiger partial charge in [0.1, 0.15) is 0 Å². The first kappa shape index (κ1) is 26.5. The SMILES string of the molecule is CCCCCCCCCCOC(=O)C(CC)(CC)C(=O)Oc1ccc(Br)cc1OC. The molecule has 1 aromatic rings. The van der Waals surface area contributed by atoms with E-state index in [-0.39, 0.29) is 5.75 Å². The van der Waals surface area contributed by atoms with E-state index < -0.39 is 17.4 Å². The van der Waals surface area contributed by atoms with Gasteiger partial charge >= 0.3 is 11.9 Å². The summed E-state index contributed by atoms with van der Waals surface area (Å²) in [6.07, 6.45) is 9.99. The highest BCUT2D eigenvalue weighted by Gasteiger charge is 2.46. The van der Waals surface area contributed by atoms with Gasteiger partial charge in [0, 0.05) is 4.47 Å². The maximum absolute atomic E-state index is 13.0. The Hall–Kier alpha value is -1.56. The zero-order valence-corrected chi connectivity index (χ0v) is 20.5. The van der Waals surface area contributed by atoms with Gasteiger partial charge in [0.25, 0.3) is 0 Å². The molecule has 0 saturated carbocycles. The Morgan fingerprint density at radius 2 is 1.47 bits per heavy atom. The molecule has 0 radical (unpaired) electrons. The fourth-order valence-electron chi connectivity index (χ4n) is 3.37. The molecule has 1 rings (SSSR count). The molecule has 0 atom stereocenters. The van der Waals surface area contributed by atoms with Crippen LogP contribution in [0.25, 0.3) is 0 Å². The van der Waals surface area contributed by atoms with Crippen molar-refractivity contribution in [3.8, 4) is 11.5 Å². The molecule has 0 aliphatic carbocycles. The second kappa shape index (κ2) is 14.4. The monoisotopic (exact) mass is 484 g/mol. The van der Waals surface area contributed by atoms with Gasteiger partial charge < -0.3 is 14.2 Å². The second-order valence-corrected chi connectivity index (χ2v) is 8.50. The van der Waals surface area contributed by atoms with Crippen molar-refractivity contribution in [2.24, 2.45) is 5.41 Å². The molecule has 0 N–H and O–H groups in total. The summed E-state index contributed by atoms with van der Waals surface area (Å²) in [6.45, 7) is 6.17. The quantitative estimate of drug-likeness (QED) is 0.118. The summed E-state index contributed by atoms with van der Waals surface area (Å²) in [5, 5.41) is 0. The van der Waals surface area contributed by atoms with Gasteiger partial charge in [0.15, 0.2) is 16.9 Å². The molecule has 0 amide bonds. The number of halogens is 1. The van der Waals surface area contributed by atoms with Crippen LogP contribution in [0.1, 0.15) is 85.0 Å². The van der Waals surface area contributed by atoms with Gasteiger partial charge in [0.05, 0.1) is 13.7 Å². The van der Waals surface area contributed by atoms with Gasteiger partial charge in [-0.15, -0.1) is 0 Å². The van der Waals surface area contributed by atoms with Gasteiger partial charge in [-0.25, -0.2) is 0 Å². The molecule has 5 nitrogen and oxygen atoms in total. The maximum Gasteiger partial charge on any atom is 0.328 e. The van der Waals surface area contributed by atoms with Gasteiger partial charge in [0.2, 0.25) is 0 Å². The third-order valence-corrected chi connectivity index (χ3v) is 6.04. The number of ether oxygens (including phenoxy) is 3. The van der Waals surface area contributed by atoms with Gasteiger partial charge in [-0.05, 0) is 37.5 Å². The molecular formula is C24H37BrO5. The third-order valence-electron chi connectivity index (χ3n) is 5.55. The van der Waals surface area contributed by atoms with E-state index in [1.807, 2.05) is 0 Å². The topological polar surface area (TPSA) is 61.8 Å². The molecular weight excluding hydrogens is 448 g/mol. The molecule has 0 saturated heterocycles. The fraction of sp³-hybridized carbons (Fsp3) is 0.667. The van der Waals surface area contributed by atoms with Crippen LogP contribution in [0.4, 0.5) is 0 Å². The highest BCUT2D eigenvalue weighted by molar-refractivity contribution is 9.10. The van der Waals surface area contributed by atoms with Crippen LogP contribution in [-0.2, 0) is 14.3 Å². The molecule has 0 aromatic heterocycles. The number of esters is 2. The Balaban J connectivity index is 2.59. The van der Waals surface area contributed by atoms with Crippen molar-refractivity contribution in [2.75, 3.05) is 13.7 Å². The summed E-state index contributed by atoms with van der Waals surface area (Å²) in [5.41, 5.74) is -1.31. The van der Waals surface area contributed by atoms with Crippen molar-refractivity contribution < 1.29 is 23.8 Å². The molecule has 0 spiro atoms. The van der Waals surface area contributed by atoms with Crippen molar-refractivity contribution in [3.63, 3.8) is 0 Å². The summed E-state index contributed by atoms with van der Waals surface area (Å²) in [4.78, 5) is 25.8. The van der Waals surface area contributed by atoms with E-state index >= 15 is 0 Å². The van der Waals surface area contributed by atoms with Crippen LogP contribution >= 0.6 is 15.9 Å². The lowest BCUT2D eigenvalue weighted by Gasteiger charge is -2.27. The highest BCUT2D eigenvalue weighted by atomic mass is 79.9. The molecule has 0 unspecified atom stereocenters. The van der Waals surface area contributed by atoms with E-state index in [9.17, 15) is 9.59 Å². The predicted molar refractivity (Wildman–Crippen MR) is 123 cm³/mol. The molecule has 0 heterocycles. The fourth-order valence-corrected chi connectivity index (χ4v) is 3.71. The smallest absolute Gasteiger partial charge is 0.328 e. The normalized spacial score (nSPS) is 11.2. The molecule has 30 heavy (non-hydrogen) atoms. The van der Waals surface area contributed by atoms with Gasteiger partial charge in [-0.1, -0.05) is 81.6 Å². The minimum atomic E-state index is -1.31. The number of benzene rings is 1. The first-order valence-corrected chi connectivity index (χ1v) is 12.0. The number of hydrogen-bond acceptors (Lipinski definition) is 5. The zero-order valence-electron chi connectivity index (χ0n) is 18.9. The molecule has 1 aromatic carbocycles. The summed E-state index contributed by atoms with van der Waals surface area (Å²) < 4.78 is 17.1. The van der Waals surface area contributed by atoms with Crippen molar-refractivity contribution in [2.45, 2.75) is 85.0 Å². The molecule has 0 bridgehead atoms. The Kier molecular flexibility index (Phi) is 12.7. The summed E-state index contributed by atoms with van der Waals surface area (Å²) in [7, 11) is 1.50. The Morgan fingerprint density at radius 1 is 0.867 bits per heavy atom. The van der Waals surface area contributed by atoms with E-state index in [0.29, 0.717) is 25.2 Å². The Morgan fingerprint density at radius 3 is 2.03 bits per heavy atom. The summed E-state index contributed by atoms with van der Waals surface area (Å²) in [5.74, 6) is -0.399. The number of carbonyl (C=O) groups is 2. The van der Waals surface area contributed by atoms with E-state index in [4.69, 9.17) is 14.2 Å². The number of unbranched alkanes of at least 4 members (excludes halogenated alkanes) is 7. The van der Waals surface area contributed by atoms with Crippen LogP contribution in [0.3, 0.4) is 0 Å². The largest absolute Gasteiger partial charge is 0.493 e. The first-order valence-electron chi connectivity index (χ1n) is 11.2. The van der Waals surface area contributed by atoms with Crippen molar-refractivity contribution in [1.82, 2.24) is 0 Å². The van der Waals surface area contributed by atoms with Crippen LogP contribution in [0, 0.1) is 5.41 Å². The zero-order chi connectivity index (χ0) is 22.4. The lowest BCUT2D eigenvalue weighted by Crippen LogP contribution is -2.42. The predicted octanol–water partition coefficient (Wildman–Crippen LogP) is 6.85. The van der Waals surface area contributed by atoms with Crippen LogP contribution in [-0.4, -0.2) is 25.7 Å². The molecule has 0 aliphatic heterocycles. The van der Waals surface area contributed by atoms with Crippen molar-refractivity contribution >= 4 is 27.9 Å². The van der Waals surface area contributed by atoms with Crippen molar-refractivity contribution in [3.05, 3.63) is 22.7 Å². The second-order valence-electron chi connectivity index (χ2n) is 7.58. The number of carbonyl (C=O) groups excluding carboxylic acids is 2. The minimum Gasteiger partial charge on any atom is -0.493 e. The maximum atomic E-state index is 13.0. The number of methoxy groups -OCH3 is 1. The molecule has 0 aliphatic rings. The Bertz CT molecular complexity index is 655. The number of rotatable bonds is 15. The Labute approximate surface area is 190 Å². The minimum absolute atomic E-state index is 0.285. The lowest BCUT2D eigenvalue weighted by molar-refractivity contribution is -0.168. The molecule has 170 valence electrons. The third kappa shape index (κ3) is 7.93.